The van der Waals surface area contributed by atoms with Crippen molar-refractivity contribution in [3.05, 3.63) is 32.6 Å². The highest BCUT2D eigenvalue weighted by Gasteiger charge is 2.46. The van der Waals surface area contributed by atoms with Crippen LogP contribution in [0.15, 0.2) is 15.8 Å². The van der Waals surface area contributed by atoms with Crippen LogP contribution in [0.1, 0.15) is 11.8 Å². The summed E-state index contributed by atoms with van der Waals surface area (Å²) in [6.07, 6.45) is -5.79. The smallest absolute Gasteiger partial charge is 0.330 e. The van der Waals surface area contributed by atoms with Crippen molar-refractivity contribution in [2.75, 3.05) is 6.61 Å². The molecule has 1 aromatic heterocycles. The first kappa shape index (κ1) is 12.9. The van der Waals surface area contributed by atoms with E-state index in [9.17, 15) is 18.4 Å². The minimum atomic E-state index is -2.08. The molecule has 0 radical (unpaired) electrons. The molecule has 0 aromatic carbocycles. The molecule has 1 aliphatic rings. The standard InChI is InChI=1S/C10H12F2N2O4/c1-4-2-14(10(17)13-8(4)16)9-7(12)6(11)5(3-15)18-9/h2,5-7,9,15H,3H2,1H3,(H,13,16,17). The van der Waals surface area contributed by atoms with E-state index in [0.29, 0.717) is 0 Å². The number of aliphatic hydroxyl groups is 1. The number of halogens is 2. The SMILES string of the molecule is Cc1cn(C2OC(CO)C(F)C2F)c(=O)[nH]c1=O. The molecule has 2 N–H and O–H groups in total. The Hall–Kier alpha value is -1.54. The maximum Gasteiger partial charge on any atom is 0.330 e. The number of ether oxygens (including phenoxy) is 1. The summed E-state index contributed by atoms with van der Waals surface area (Å²) < 4.78 is 32.8. The topological polar surface area (TPSA) is 84.3 Å². The molecule has 0 bridgehead atoms. The number of aromatic nitrogens is 2. The van der Waals surface area contributed by atoms with Crippen LogP contribution in [0.3, 0.4) is 0 Å². The Morgan fingerprint density at radius 3 is 2.67 bits per heavy atom. The van der Waals surface area contributed by atoms with Gasteiger partial charge in [0.05, 0.1) is 6.61 Å². The summed E-state index contributed by atoms with van der Waals surface area (Å²) in [6, 6.07) is 0. The Balaban J connectivity index is 2.42. The number of nitrogens with zero attached hydrogens (tertiary/aromatic N) is 1. The molecular weight excluding hydrogens is 250 g/mol. The van der Waals surface area contributed by atoms with Crippen LogP contribution in [-0.4, -0.2) is 39.7 Å². The van der Waals surface area contributed by atoms with Crippen molar-refractivity contribution < 1.29 is 18.6 Å². The fourth-order valence-corrected chi connectivity index (χ4v) is 1.83. The van der Waals surface area contributed by atoms with E-state index in [4.69, 9.17) is 9.84 Å². The summed E-state index contributed by atoms with van der Waals surface area (Å²) in [7, 11) is 0. The van der Waals surface area contributed by atoms with Gasteiger partial charge in [-0.15, -0.1) is 0 Å². The van der Waals surface area contributed by atoms with Gasteiger partial charge < -0.3 is 9.84 Å². The van der Waals surface area contributed by atoms with Gasteiger partial charge in [0.1, 0.15) is 6.10 Å². The first-order valence-corrected chi connectivity index (χ1v) is 5.32. The van der Waals surface area contributed by atoms with Gasteiger partial charge in [-0.1, -0.05) is 0 Å². The molecule has 100 valence electrons. The molecule has 0 spiro atoms. The van der Waals surface area contributed by atoms with Crippen LogP contribution in [0.4, 0.5) is 8.78 Å². The highest BCUT2D eigenvalue weighted by molar-refractivity contribution is 5.03. The zero-order valence-electron chi connectivity index (χ0n) is 9.47. The summed E-state index contributed by atoms with van der Waals surface area (Å²) in [6.45, 7) is 0.739. The van der Waals surface area contributed by atoms with Crippen LogP contribution in [0.5, 0.6) is 0 Å². The van der Waals surface area contributed by atoms with Crippen LogP contribution in [0, 0.1) is 6.92 Å². The maximum absolute atomic E-state index is 13.7. The second-order valence-electron chi connectivity index (χ2n) is 4.12. The molecule has 4 unspecified atom stereocenters. The van der Waals surface area contributed by atoms with Gasteiger partial charge in [0.2, 0.25) is 0 Å². The first-order chi connectivity index (χ1) is 8.45. The average Bonchev–Trinajstić information content (AvgIpc) is 2.61. The van der Waals surface area contributed by atoms with Gasteiger partial charge in [0, 0.05) is 11.8 Å². The Morgan fingerprint density at radius 2 is 2.11 bits per heavy atom. The fourth-order valence-electron chi connectivity index (χ4n) is 1.83. The Bertz CT molecular complexity index is 556. The highest BCUT2D eigenvalue weighted by atomic mass is 19.2. The van der Waals surface area contributed by atoms with E-state index < -0.39 is 42.5 Å². The van der Waals surface area contributed by atoms with E-state index in [2.05, 4.69) is 0 Å². The predicted octanol–water partition coefficient (Wildman–Crippen LogP) is -0.589. The molecule has 6 nitrogen and oxygen atoms in total. The lowest BCUT2D eigenvalue weighted by Gasteiger charge is -2.15. The molecule has 0 amide bonds. The van der Waals surface area contributed by atoms with Crippen molar-refractivity contribution in [3.63, 3.8) is 0 Å². The van der Waals surface area contributed by atoms with E-state index in [0.717, 1.165) is 10.8 Å². The number of H-pyrrole nitrogens is 1. The monoisotopic (exact) mass is 262 g/mol. The van der Waals surface area contributed by atoms with Crippen LogP contribution < -0.4 is 11.2 Å². The van der Waals surface area contributed by atoms with Crippen LogP contribution in [0.25, 0.3) is 0 Å². The van der Waals surface area contributed by atoms with Crippen molar-refractivity contribution in [2.45, 2.75) is 31.6 Å². The number of hydrogen-bond donors (Lipinski definition) is 2. The molecule has 2 heterocycles. The third-order valence-electron chi connectivity index (χ3n) is 2.85. The van der Waals surface area contributed by atoms with Crippen LogP contribution in [-0.2, 0) is 4.74 Å². The van der Waals surface area contributed by atoms with Crippen molar-refractivity contribution in [3.8, 4) is 0 Å². The van der Waals surface area contributed by atoms with Gasteiger partial charge >= 0.3 is 5.69 Å². The summed E-state index contributed by atoms with van der Waals surface area (Å²) in [5.74, 6) is 0. The minimum absolute atomic E-state index is 0.174. The van der Waals surface area contributed by atoms with E-state index in [1.165, 1.54) is 6.92 Å². The lowest BCUT2D eigenvalue weighted by molar-refractivity contribution is -0.0437. The van der Waals surface area contributed by atoms with Gasteiger partial charge in [-0.2, -0.15) is 0 Å². The van der Waals surface area contributed by atoms with Gasteiger partial charge in [-0.05, 0) is 6.92 Å². The molecule has 8 heteroatoms. The van der Waals surface area contributed by atoms with Gasteiger partial charge in [0.25, 0.3) is 5.56 Å². The fraction of sp³-hybridized carbons (Fsp3) is 0.600. The van der Waals surface area contributed by atoms with Gasteiger partial charge in [-0.3, -0.25) is 14.3 Å². The Kier molecular flexibility index (Phi) is 3.31. The number of alkyl halides is 2. The normalized spacial score (nSPS) is 31.8. The third-order valence-corrected chi connectivity index (χ3v) is 2.85. The number of nitrogens with one attached hydrogen (secondary N) is 1. The number of hydrogen-bond acceptors (Lipinski definition) is 4. The summed E-state index contributed by atoms with van der Waals surface area (Å²) >= 11 is 0. The molecular formula is C10H12F2N2O4. The van der Waals surface area contributed by atoms with Crippen molar-refractivity contribution in [2.24, 2.45) is 0 Å². The molecule has 18 heavy (non-hydrogen) atoms. The zero-order chi connectivity index (χ0) is 13.4. The number of rotatable bonds is 2. The van der Waals surface area contributed by atoms with Gasteiger partial charge in [0.15, 0.2) is 18.6 Å². The molecule has 1 aromatic rings. The van der Waals surface area contributed by atoms with Crippen molar-refractivity contribution in [1.29, 1.82) is 0 Å². The maximum atomic E-state index is 13.7. The largest absolute Gasteiger partial charge is 0.394 e. The van der Waals surface area contributed by atoms with Crippen LogP contribution in [0.2, 0.25) is 0 Å². The summed E-state index contributed by atoms with van der Waals surface area (Å²) in [5, 5.41) is 8.81. The first-order valence-electron chi connectivity index (χ1n) is 5.32. The molecule has 1 saturated heterocycles. The predicted molar refractivity (Wildman–Crippen MR) is 56.8 cm³/mol. The lowest BCUT2D eigenvalue weighted by atomic mass is 10.2. The second kappa shape index (κ2) is 4.62. The molecule has 0 saturated carbocycles. The molecule has 4 atom stereocenters. The van der Waals surface area contributed by atoms with Crippen LogP contribution >= 0.6 is 0 Å². The van der Waals surface area contributed by atoms with Gasteiger partial charge in [-0.25, -0.2) is 13.6 Å². The molecule has 2 rings (SSSR count). The quantitative estimate of drug-likeness (QED) is 0.746. The summed E-state index contributed by atoms with van der Waals surface area (Å²) in [5.41, 5.74) is -1.31. The van der Waals surface area contributed by atoms with E-state index in [-0.39, 0.29) is 5.56 Å². The van der Waals surface area contributed by atoms with E-state index in [1.54, 1.807) is 0 Å². The third kappa shape index (κ3) is 1.97. The molecule has 0 aliphatic carbocycles. The Morgan fingerprint density at radius 1 is 1.44 bits per heavy atom. The Labute approximate surface area is 99.8 Å². The number of aromatic amines is 1. The van der Waals surface area contributed by atoms with Crippen molar-refractivity contribution in [1.82, 2.24) is 9.55 Å². The average molecular weight is 262 g/mol. The second-order valence-corrected chi connectivity index (χ2v) is 4.12. The summed E-state index contributed by atoms with van der Waals surface area (Å²) in [4.78, 5) is 24.6. The number of aliphatic hydroxyl groups excluding tert-OH is 1. The molecule has 1 fully saturated rings. The number of aryl methyl sites for hydroxylation is 1. The van der Waals surface area contributed by atoms with E-state index in [1.807, 2.05) is 4.98 Å². The minimum Gasteiger partial charge on any atom is -0.394 e. The lowest BCUT2D eigenvalue weighted by Crippen LogP contribution is -2.36. The van der Waals surface area contributed by atoms with Crippen molar-refractivity contribution >= 4 is 0 Å². The highest BCUT2D eigenvalue weighted by Crippen LogP contribution is 2.32. The van der Waals surface area contributed by atoms with E-state index >= 15 is 0 Å². The molecule has 1 aliphatic heterocycles. The zero-order valence-corrected chi connectivity index (χ0v) is 9.47.